The lowest BCUT2D eigenvalue weighted by molar-refractivity contribution is 0.100. The smallest absolute Gasteiger partial charge is 0.248 e. The molecule has 0 radical (unpaired) electrons. The number of benzene rings is 1. The van der Waals surface area contributed by atoms with E-state index in [1.54, 1.807) is 30.0 Å². The Bertz CT molecular complexity index is 609. The lowest BCUT2D eigenvalue weighted by Crippen LogP contribution is -2.10. The van der Waals surface area contributed by atoms with Gasteiger partial charge in [0.1, 0.15) is 0 Å². The van der Waals surface area contributed by atoms with Crippen molar-refractivity contribution in [1.29, 1.82) is 0 Å². The molecule has 1 amide bonds. The Kier molecular flexibility index (Phi) is 4.79. The molecule has 0 spiro atoms. The Morgan fingerprint density at radius 3 is 2.90 bits per heavy atom. The number of unbranched alkanes of at least 4 members (excludes halogenated alkanes) is 1. The van der Waals surface area contributed by atoms with Gasteiger partial charge in [-0.2, -0.15) is 0 Å². The van der Waals surface area contributed by atoms with Gasteiger partial charge in [-0.05, 0) is 18.6 Å². The van der Waals surface area contributed by atoms with Crippen LogP contribution in [0.15, 0.2) is 29.4 Å². The van der Waals surface area contributed by atoms with Gasteiger partial charge in [-0.15, -0.1) is 10.2 Å². The highest BCUT2D eigenvalue weighted by molar-refractivity contribution is 7.99. The molecule has 0 aliphatic heterocycles. The molecule has 2 rings (SSSR count). The van der Waals surface area contributed by atoms with Crippen LogP contribution in [0.5, 0.6) is 0 Å². The zero-order chi connectivity index (χ0) is 14.5. The Morgan fingerprint density at radius 1 is 1.40 bits per heavy atom. The fourth-order valence-electron chi connectivity index (χ4n) is 1.81. The van der Waals surface area contributed by atoms with Gasteiger partial charge in [0.05, 0.1) is 0 Å². The molecule has 106 valence electrons. The van der Waals surface area contributed by atoms with E-state index in [4.69, 9.17) is 5.73 Å². The van der Waals surface area contributed by atoms with Crippen molar-refractivity contribution in [3.05, 3.63) is 29.8 Å². The maximum atomic E-state index is 11.2. The maximum Gasteiger partial charge on any atom is 0.248 e. The summed E-state index contributed by atoms with van der Waals surface area (Å²) < 4.78 is 1.94. The molecule has 20 heavy (non-hydrogen) atoms. The van der Waals surface area contributed by atoms with E-state index in [9.17, 15) is 4.79 Å². The summed E-state index contributed by atoms with van der Waals surface area (Å²) in [6, 6.07) is 7.14. The number of nitrogens with zero attached hydrogens (tertiary/aromatic N) is 3. The van der Waals surface area contributed by atoms with Crippen LogP contribution in [0.25, 0.3) is 11.4 Å². The summed E-state index contributed by atoms with van der Waals surface area (Å²) in [5, 5.41) is 9.29. The molecule has 5 nitrogen and oxygen atoms in total. The number of nitrogens with two attached hydrogens (primary N) is 1. The molecular weight excluding hydrogens is 272 g/mol. The van der Waals surface area contributed by atoms with Crippen LogP contribution in [0.3, 0.4) is 0 Å². The number of hydrogen-bond donors (Lipinski definition) is 1. The van der Waals surface area contributed by atoms with E-state index < -0.39 is 5.91 Å². The number of amides is 1. The van der Waals surface area contributed by atoms with Crippen molar-refractivity contribution in [2.75, 3.05) is 5.75 Å². The number of rotatable bonds is 6. The Labute approximate surface area is 122 Å². The van der Waals surface area contributed by atoms with Crippen LogP contribution in [0.1, 0.15) is 30.1 Å². The third-order valence-corrected chi connectivity index (χ3v) is 4.08. The van der Waals surface area contributed by atoms with E-state index in [0.717, 1.165) is 28.7 Å². The summed E-state index contributed by atoms with van der Waals surface area (Å²) in [5.74, 6) is 1.34. The highest BCUT2D eigenvalue weighted by atomic mass is 32.2. The molecular formula is C14H18N4OS. The SMILES string of the molecule is CCCCSc1nnc(-c2cccc(C(N)=O)c2)n1C. The molecule has 2 N–H and O–H groups in total. The van der Waals surface area contributed by atoms with Crippen molar-refractivity contribution in [2.24, 2.45) is 12.8 Å². The molecule has 0 saturated carbocycles. The molecule has 0 saturated heterocycles. The summed E-state index contributed by atoms with van der Waals surface area (Å²) in [4.78, 5) is 11.2. The minimum atomic E-state index is -0.438. The number of carbonyl (C=O) groups excluding carboxylic acids is 1. The van der Waals surface area contributed by atoms with Crippen molar-refractivity contribution >= 4 is 17.7 Å². The van der Waals surface area contributed by atoms with Crippen molar-refractivity contribution in [3.63, 3.8) is 0 Å². The van der Waals surface area contributed by atoms with Gasteiger partial charge in [0.15, 0.2) is 11.0 Å². The lowest BCUT2D eigenvalue weighted by Gasteiger charge is -2.04. The van der Waals surface area contributed by atoms with Crippen molar-refractivity contribution in [2.45, 2.75) is 24.9 Å². The third kappa shape index (κ3) is 3.19. The molecule has 1 heterocycles. The third-order valence-electron chi connectivity index (χ3n) is 2.97. The lowest BCUT2D eigenvalue weighted by atomic mass is 10.1. The highest BCUT2D eigenvalue weighted by Gasteiger charge is 2.12. The molecule has 0 unspecified atom stereocenters. The molecule has 0 aliphatic rings. The standard InChI is InChI=1S/C14H18N4OS/c1-3-4-8-20-14-17-16-13(18(14)2)11-7-5-6-10(9-11)12(15)19/h5-7,9H,3-4,8H2,1-2H3,(H2,15,19). The summed E-state index contributed by atoms with van der Waals surface area (Å²) in [7, 11) is 1.93. The molecule has 6 heteroatoms. The average molecular weight is 290 g/mol. The largest absolute Gasteiger partial charge is 0.366 e. The van der Waals surface area contributed by atoms with E-state index in [1.165, 1.54) is 6.42 Å². The van der Waals surface area contributed by atoms with Crippen LogP contribution < -0.4 is 5.73 Å². The normalized spacial score (nSPS) is 10.7. The molecule has 2 aromatic rings. The Hall–Kier alpha value is -1.82. The summed E-state index contributed by atoms with van der Waals surface area (Å²) in [6.07, 6.45) is 2.32. The van der Waals surface area contributed by atoms with Crippen LogP contribution in [0.4, 0.5) is 0 Å². The van der Waals surface area contributed by atoms with Gasteiger partial charge >= 0.3 is 0 Å². The fraction of sp³-hybridized carbons (Fsp3) is 0.357. The average Bonchev–Trinajstić information content (AvgIpc) is 2.81. The van der Waals surface area contributed by atoms with Crippen molar-refractivity contribution in [3.8, 4) is 11.4 Å². The Balaban J connectivity index is 2.25. The van der Waals surface area contributed by atoms with E-state index >= 15 is 0 Å². The van der Waals surface area contributed by atoms with Crippen LogP contribution >= 0.6 is 11.8 Å². The maximum absolute atomic E-state index is 11.2. The number of primary amides is 1. The van der Waals surface area contributed by atoms with Crippen LogP contribution in [-0.2, 0) is 7.05 Å². The Morgan fingerprint density at radius 2 is 2.20 bits per heavy atom. The summed E-state index contributed by atoms with van der Waals surface area (Å²) >= 11 is 1.70. The van der Waals surface area contributed by atoms with Gasteiger partial charge in [-0.1, -0.05) is 37.2 Å². The van der Waals surface area contributed by atoms with E-state index in [2.05, 4.69) is 17.1 Å². The predicted molar refractivity (Wildman–Crippen MR) is 80.6 cm³/mol. The fourth-order valence-corrected chi connectivity index (χ4v) is 2.81. The molecule has 0 bridgehead atoms. The number of hydrogen-bond acceptors (Lipinski definition) is 4. The monoisotopic (exact) mass is 290 g/mol. The molecule has 1 aromatic heterocycles. The minimum Gasteiger partial charge on any atom is -0.366 e. The van der Waals surface area contributed by atoms with Gasteiger partial charge in [0, 0.05) is 23.9 Å². The number of carbonyl (C=O) groups is 1. The van der Waals surface area contributed by atoms with E-state index in [0.29, 0.717) is 5.56 Å². The molecule has 1 aromatic carbocycles. The second-order valence-electron chi connectivity index (χ2n) is 4.51. The van der Waals surface area contributed by atoms with Gasteiger partial charge < -0.3 is 10.3 Å². The van der Waals surface area contributed by atoms with Crippen molar-refractivity contribution in [1.82, 2.24) is 14.8 Å². The minimum absolute atomic E-state index is 0.438. The molecule has 0 aliphatic carbocycles. The zero-order valence-electron chi connectivity index (χ0n) is 11.7. The van der Waals surface area contributed by atoms with Gasteiger partial charge in [-0.3, -0.25) is 4.79 Å². The first-order chi connectivity index (χ1) is 9.63. The highest BCUT2D eigenvalue weighted by Crippen LogP contribution is 2.23. The number of aromatic nitrogens is 3. The molecule has 0 atom stereocenters. The van der Waals surface area contributed by atoms with Crippen molar-refractivity contribution < 1.29 is 4.79 Å². The summed E-state index contributed by atoms with van der Waals surface area (Å²) in [6.45, 7) is 2.16. The van der Waals surface area contributed by atoms with Gasteiger partial charge in [0.2, 0.25) is 5.91 Å². The topological polar surface area (TPSA) is 73.8 Å². The van der Waals surface area contributed by atoms with Crippen LogP contribution in [0, 0.1) is 0 Å². The second-order valence-corrected chi connectivity index (χ2v) is 5.57. The first kappa shape index (κ1) is 14.6. The second kappa shape index (κ2) is 6.56. The van der Waals surface area contributed by atoms with Gasteiger partial charge in [0.25, 0.3) is 0 Å². The van der Waals surface area contributed by atoms with Crippen LogP contribution in [-0.4, -0.2) is 26.4 Å². The number of thioether (sulfide) groups is 1. The summed E-state index contributed by atoms with van der Waals surface area (Å²) in [5.41, 5.74) is 6.62. The predicted octanol–water partition coefficient (Wildman–Crippen LogP) is 2.47. The zero-order valence-corrected chi connectivity index (χ0v) is 12.5. The van der Waals surface area contributed by atoms with E-state index in [1.807, 2.05) is 17.7 Å². The first-order valence-corrected chi connectivity index (χ1v) is 7.54. The molecule has 0 fully saturated rings. The first-order valence-electron chi connectivity index (χ1n) is 6.56. The quantitative estimate of drug-likeness (QED) is 0.655. The van der Waals surface area contributed by atoms with E-state index in [-0.39, 0.29) is 0 Å². The van der Waals surface area contributed by atoms with Crippen LogP contribution in [0.2, 0.25) is 0 Å². The van der Waals surface area contributed by atoms with Gasteiger partial charge in [-0.25, -0.2) is 0 Å².